The second-order valence-corrected chi connectivity index (χ2v) is 5.37. The number of aromatic amines is 1. The summed E-state index contributed by atoms with van der Waals surface area (Å²) >= 11 is 1.53. The van der Waals surface area contributed by atoms with Gasteiger partial charge in [0, 0.05) is 12.3 Å². The van der Waals surface area contributed by atoms with E-state index in [9.17, 15) is 4.79 Å². The van der Waals surface area contributed by atoms with Gasteiger partial charge < -0.3 is 4.74 Å². The molecule has 0 saturated heterocycles. The lowest BCUT2D eigenvalue weighted by atomic mass is 10.2. The van der Waals surface area contributed by atoms with Gasteiger partial charge in [0.05, 0.1) is 25.0 Å². The highest BCUT2D eigenvalue weighted by atomic mass is 32.2. The quantitative estimate of drug-likeness (QED) is 0.715. The van der Waals surface area contributed by atoms with Crippen molar-refractivity contribution in [1.29, 1.82) is 0 Å². The van der Waals surface area contributed by atoms with E-state index in [1.54, 1.807) is 42.4 Å². The van der Waals surface area contributed by atoms with Crippen LogP contribution in [0, 0.1) is 0 Å². The molecule has 108 valence electrons. The van der Waals surface area contributed by atoms with Crippen LogP contribution in [0.1, 0.15) is 0 Å². The Kier molecular flexibility index (Phi) is 3.87. The maximum atomic E-state index is 12.4. The number of ether oxygens (including phenoxy) is 1. The zero-order valence-corrected chi connectivity index (χ0v) is 12.1. The minimum absolute atomic E-state index is 0.0698. The number of aromatic nitrogens is 5. The number of aryl methyl sites for hydroxylation is 1. The lowest BCUT2D eigenvalue weighted by Gasteiger charge is -2.08. The fourth-order valence-electron chi connectivity index (χ4n) is 2.00. The summed E-state index contributed by atoms with van der Waals surface area (Å²) in [5.41, 5.74) is 0.519. The summed E-state index contributed by atoms with van der Waals surface area (Å²) in [6.07, 6.45) is 3.20. The maximum Gasteiger partial charge on any atom is 0.261 e. The number of thioether (sulfide) groups is 1. The number of rotatable bonds is 5. The molecule has 3 rings (SSSR count). The average molecular weight is 303 g/mol. The fraction of sp³-hybridized carbons (Fsp3) is 0.231. The van der Waals surface area contributed by atoms with Gasteiger partial charge in [0.1, 0.15) is 16.3 Å². The molecule has 21 heavy (non-hydrogen) atoms. The molecular weight excluding hydrogens is 290 g/mol. The Hall–Kier alpha value is -2.35. The lowest BCUT2D eigenvalue weighted by Crippen LogP contribution is -2.21. The van der Waals surface area contributed by atoms with Gasteiger partial charge in [-0.3, -0.25) is 9.36 Å². The monoisotopic (exact) mass is 303 g/mol. The summed E-state index contributed by atoms with van der Waals surface area (Å²) in [4.78, 5) is 16.7. The van der Waals surface area contributed by atoms with E-state index in [4.69, 9.17) is 4.74 Å². The Morgan fingerprint density at radius 2 is 2.33 bits per heavy atom. The van der Waals surface area contributed by atoms with Crippen molar-refractivity contribution in [3.63, 3.8) is 0 Å². The third-order valence-electron chi connectivity index (χ3n) is 3.01. The molecule has 1 aromatic carbocycles. The number of hydrogen-bond acceptors (Lipinski definition) is 6. The summed E-state index contributed by atoms with van der Waals surface area (Å²) in [5.74, 6) is 1.32. The van der Waals surface area contributed by atoms with Crippen molar-refractivity contribution in [3.05, 3.63) is 41.1 Å². The van der Waals surface area contributed by atoms with Crippen LogP contribution in [0.15, 0.2) is 40.5 Å². The lowest BCUT2D eigenvalue weighted by molar-refractivity contribution is 0.418. The molecule has 3 aromatic rings. The molecule has 2 aromatic heterocycles. The van der Waals surface area contributed by atoms with Gasteiger partial charge in [0.25, 0.3) is 5.56 Å². The van der Waals surface area contributed by atoms with Crippen LogP contribution in [0.25, 0.3) is 10.9 Å². The highest BCUT2D eigenvalue weighted by Crippen LogP contribution is 2.20. The molecule has 0 aliphatic heterocycles. The topological polar surface area (TPSA) is 85.7 Å². The number of nitrogens with one attached hydrogen (secondary N) is 1. The number of methoxy groups -OCH3 is 1. The first-order valence-corrected chi connectivity index (χ1v) is 7.29. The Morgan fingerprint density at radius 1 is 1.43 bits per heavy atom. The second kappa shape index (κ2) is 5.96. The maximum absolute atomic E-state index is 12.4. The van der Waals surface area contributed by atoms with E-state index in [0.29, 0.717) is 29.0 Å². The molecule has 0 spiro atoms. The van der Waals surface area contributed by atoms with Gasteiger partial charge in [-0.1, -0.05) is 6.07 Å². The highest BCUT2D eigenvalue weighted by Gasteiger charge is 2.08. The van der Waals surface area contributed by atoms with Gasteiger partial charge in [0.2, 0.25) is 0 Å². The van der Waals surface area contributed by atoms with E-state index in [-0.39, 0.29) is 5.56 Å². The minimum atomic E-state index is -0.0698. The minimum Gasteiger partial charge on any atom is -0.494 e. The molecule has 0 aliphatic rings. The predicted molar refractivity (Wildman–Crippen MR) is 79.7 cm³/mol. The molecule has 0 bridgehead atoms. The number of nitrogens with zero attached hydrogens (tertiary/aromatic N) is 4. The van der Waals surface area contributed by atoms with Crippen molar-refractivity contribution in [3.8, 4) is 5.75 Å². The van der Waals surface area contributed by atoms with Gasteiger partial charge in [-0.15, -0.1) is 16.9 Å². The number of fused-ring (bicyclic) bond motifs is 1. The van der Waals surface area contributed by atoms with E-state index in [1.807, 2.05) is 0 Å². The van der Waals surface area contributed by atoms with Crippen LogP contribution < -0.4 is 10.3 Å². The van der Waals surface area contributed by atoms with Gasteiger partial charge in [-0.2, -0.15) is 10.3 Å². The van der Waals surface area contributed by atoms with Gasteiger partial charge in [0.15, 0.2) is 0 Å². The smallest absolute Gasteiger partial charge is 0.261 e. The molecule has 8 heteroatoms. The zero-order valence-electron chi connectivity index (χ0n) is 11.3. The Balaban J connectivity index is 1.83. The van der Waals surface area contributed by atoms with E-state index < -0.39 is 0 Å². The number of benzene rings is 1. The van der Waals surface area contributed by atoms with Gasteiger partial charge in [-0.25, -0.2) is 4.98 Å². The molecule has 0 atom stereocenters. The predicted octanol–water partition coefficient (Wildman–Crippen LogP) is 1.32. The summed E-state index contributed by atoms with van der Waals surface area (Å²) in [7, 11) is 1.57. The summed E-state index contributed by atoms with van der Waals surface area (Å²) < 4.78 is 6.81. The molecule has 1 N–H and O–H groups in total. The fourth-order valence-corrected chi connectivity index (χ4v) is 2.73. The molecular formula is C13H13N5O2S. The van der Waals surface area contributed by atoms with Crippen molar-refractivity contribution in [1.82, 2.24) is 25.0 Å². The first-order valence-electron chi connectivity index (χ1n) is 6.30. The Labute approximate surface area is 124 Å². The summed E-state index contributed by atoms with van der Waals surface area (Å²) in [5, 5.41) is 11.6. The van der Waals surface area contributed by atoms with Gasteiger partial charge >= 0.3 is 0 Å². The first-order chi connectivity index (χ1) is 10.3. The molecule has 0 radical (unpaired) electrons. The second-order valence-electron chi connectivity index (χ2n) is 4.26. The summed E-state index contributed by atoms with van der Waals surface area (Å²) in [6, 6.07) is 5.34. The highest BCUT2D eigenvalue weighted by molar-refractivity contribution is 7.99. The molecule has 0 aliphatic carbocycles. The van der Waals surface area contributed by atoms with Crippen molar-refractivity contribution in [2.24, 2.45) is 0 Å². The summed E-state index contributed by atoms with van der Waals surface area (Å²) in [6.45, 7) is 0.552. The molecule has 7 nitrogen and oxygen atoms in total. The Morgan fingerprint density at radius 3 is 3.10 bits per heavy atom. The number of H-pyrrole nitrogens is 1. The van der Waals surface area contributed by atoms with Crippen molar-refractivity contribution < 1.29 is 4.74 Å². The van der Waals surface area contributed by atoms with E-state index in [1.165, 1.54) is 11.8 Å². The molecule has 2 heterocycles. The van der Waals surface area contributed by atoms with Crippen LogP contribution >= 0.6 is 11.8 Å². The molecule has 0 amide bonds. The normalized spacial score (nSPS) is 10.9. The van der Waals surface area contributed by atoms with E-state index >= 15 is 0 Å². The Bertz CT molecular complexity index is 800. The van der Waals surface area contributed by atoms with Crippen LogP contribution in [-0.2, 0) is 6.54 Å². The van der Waals surface area contributed by atoms with Crippen molar-refractivity contribution >= 4 is 22.7 Å². The van der Waals surface area contributed by atoms with Crippen LogP contribution in [0.5, 0.6) is 5.75 Å². The van der Waals surface area contributed by atoms with E-state index in [2.05, 4.69) is 20.4 Å². The largest absolute Gasteiger partial charge is 0.494 e. The third kappa shape index (κ3) is 2.75. The third-order valence-corrected chi connectivity index (χ3v) is 3.89. The van der Waals surface area contributed by atoms with Crippen LogP contribution in [-0.4, -0.2) is 37.8 Å². The van der Waals surface area contributed by atoms with E-state index in [0.717, 1.165) is 5.03 Å². The number of hydrogen-bond donors (Lipinski definition) is 1. The van der Waals surface area contributed by atoms with Crippen molar-refractivity contribution in [2.45, 2.75) is 11.6 Å². The van der Waals surface area contributed by atoms with Crippen molar-refractivity contribution in [2.75, 3.05) is 12.9 Å². The molecule has 0 saturated carbocycles. The molecule has 0 fully saturated rings. The average Bonchev–Trinajstić information content (AvgIpc) is 3.02. The SMILES string of the molecule is COc1cccc2c(=O)n(CCSc3cn[nH]n3)cnc12. The molecule has 0 unspecified atom stereocenters. The van der Waals surface area contributed by atoms with Crippen LogP contribution in [0.4, 0.5) is 0 Å². The van der Waals surface area contributed by atoms with Crippen LogP contribution in [0.2, 0.25) is 0 Å². The van der Waals surface area contributed by atoms with Crippen LogP contribution in [0.3, 0.4) is 0 Å². The first kappa shape index (κ1) is 13.6. The standard InChI is InChI=1S/C13H13N5O2S/c1-20-10-4-2-3-9-12(10)14-8-18(13(9)19)5-6-21-11-7-15-17-16-11/h2-4,7-8H,5-6H2,1H3,(H,15,16,17). The zero-order chi connectivity index (χ0) is 14.7. The number of para-hydroxylation sites is 1. The van der Waals surface area contributed by atoms with Gasteiger partial charge in [-0.05, 0) is 12.1 Å².